The highest BCUT2D eigenvalue weighted by molar-refractivity contribution is 5.95. The Hall–Kier alpha value is -1.68. The molecule has 0 bridgehead atoms. The van der Waals surface area contributed by atoms with Gasteiger partial charge in [-0.1, -0.05) is 48.6 Å². The number of benzene rings is 2. The maximum Gasteiger partial charge on any atom is 0.0834 e. The number of hydrogen-bond acceptors (Lipinski definition) is 3. The van der Waals surface area contributed by atoms with Crippen LogP contribution in [0, 0.1) is 0 Å². The molecule has 0 radical (unpaired) electrons. The second-order valence-corrected chi connectivity index (χ2v) is 4.04. The monoisotopic (exact) mass is 211 g/mol. The molecule has 1 atom stereocenters. The van der Waals surface area contributed by atoms with Crippen molar-refractivity contribution < 1.29 is 0 Å². The summed E-state index contributed by atoms with van der Waals surface area (Å²) >= 11 is 0. The first-order valence-corrected chi connectivity index (χ1v) is 5.26. The molecule has 0 aromatic heterocycles. The van der Waals surface area contributed by atoms with Gasteiger partial charge in [0.05, 0.1) is 6.04 Å². The van der Waals surface area contributed by atoms with Crippen molar-refractivity contribution in [2.75, 3.05) is 0 Å². The first-order chi connectivity index (χ1) is 7.77. The second-order valence-electron chi connectivity index (χ2n) is 4.04. The minimum absolute atomic E-state index is 0.0430. The van der Waals surface area contributed by atoms with Crippen LogP contribution in [0.25, 0.3) is 16.8 Å². The normalized spacial score (nSPS) is 18.3. The van der Waals surface area contributed by atoms with E-state index in [1.54, 1.807) is 0 Å². The van der Waals surface area contributed by atoms with E-state index in [-0.39, 0.29) is 6.04 Å². The highest BCUT2D eigenvalue weighted by atomic mass is 15.6. The molecule has 0 fully saturated rings. The van der Waals surface area contributed by atoms with Gasteiger partial charge in [-0.15, -0.1) is 0 Å². The molecule has 0 saturated carbocycles. The summed E-state index contributed by atoms with van der Waals surface area (Å²) in [6.07, 6.45) is 4.10. The summed E-state index contributed by atoms with van der Waals surface area (Å²) in [7, 11) is 0. The third-order valence-corrected chi connectivity index (χ3v) is 3.07. The van der Waals surface area contributed by atoms with Crippen LogP contribution in [0.2, 0.25) is 0 Å². The lowest BCUT2D eigenvalue weighted by Crippen LogP contribution is -2.40. The highest BCUT2D eigenvalue weighted by Crippen LogP contribution is 2.34. The standard InChI is InChI=1S/C13H13N3/c14-16(15)12-8-7-10-4-1-3-9-5-2-6-11(12)13(9)10/h1-8,12H,14-15H2. The Labute approximate surface area is 93.9 Å². The van der Waals surface area contributed by atoms with Crippen molar-refractivity contribution in [2.24, 2.45) is 11.7 Å². The SMILES string of the molecule is NN(N)C1C=Cc2cccc3cccc1c23. The summed E-state index contributed by atoms with van der Waals surface area (Å²) in [4.78, 5) is 0. The summed E-state index contributed by atoms with van der Waals surface area (Å²) in [6.45, 7) is 0. The van der Waals surface area contributed by atoms with Crippen molar-refractivity contribution in [2.45, 2.75) is 6.04 Å². The number of hydrogen-bond donors (Lipinski definition) is 2. The molecule has 3 rings (SSSR count). The van der Waals surface area contributed by atoms with Crippen molar-refractivity contribution in [3.63, 3.8) is 0 Å². The Morgan fingerprint density at radius 1 is 1.00 bits per heavy atom. The molecule has 4 N–H and O–H groups in total. The predicted octanol–water partition coefficient (Wildman–Crippen LogP) is 1.96. The third kappa shape index (κ3) is 1.27. The average molecular weight is 211 g/mol. The minimum atomic E-state index is -0.0430. The van der Waals surface area contributed by atoms with Gasteiger partial charge in [0, 0.05) is 0 Å². The number of nitrogens with two attached hydrogens (primary N) is 2. The van der Waals surface area contributed by atoms with E-state index in [4.69, 9.17) is 11.7 Å². The molecule has 1 unspecified atom stereocenters. The molecule has 80 valence electrons. The van der Waals surface area contributed by atoms with Crippen LogP contribution in [0.1, 0.15) is 17.2 Å². The fourth-order valence-corrected chi connectivity index (χ4v) is 2.34. The van der Waals surface area contributed by atoms with E-state index in [1.807, 2.05) is 12.1 Å². The van der Waals surface area contributed by atoms with Crippen LogP contribution >= 0.6 is 0 Å². The molecule has 16 heavy (non-hydrogen) atoms. The van der Waals surface area contributed by atoms with Gasteiger partial charge < -0.3 is 0 Å². The maximum atomic E-state index is 5.66. The van der Waals surface area contributed by atoms with Crippen LogP contribution in [0.15, 0.2) is 42.5 Å². The number of nitrogens with zero attached hydrogens (tertiary/aromatic N) is 1. The molecule has 1 aliphatic rings. The van der Waals surface area contributed by atoms with Gasteiger partial charge in [-0.05, 0) is 21.9 Å². The van der Waals surface area contributed by atoms with Crippen LogP contribution in [-0.4, -0.2) is 5.12 Å². The lowest BCUT2D eigenvalue weighted by molar-refractivity contribution is 0.247. The average Bonchev–Trinajstić information content (AvgIpc) is 2.30. The van der Waals surface area contributed by atoms with Gasteiger partial charge in [0.2, 0.25) is 0 Å². The maximum absolute atomic E-state index is 5.66. The van der Waals surface area contributed by atoms with E-state index in [0.29, 0.717) is 0 Å². The van der Waals surface area contributed by atoms with Crippen molar-refractivity contribution in [1.82, 2.24) is 5.12 Å². The largest absolute Gasteiger partial charge is 0.254 e. The summed E-state index contributed by atoms with van der Waals surface area (Å²) in [5.41, 5.74) is 2.40. The Bertz CT molecular complexity index is 567. The molecule has 1 aliphatic carbocycles. The van der Waals surface area contributed by atoms with Gasteiger partial charge in [0.1, 0.15) is 0 Å². The molecule has 0 heterocycles. The Kier molecular flexibility index (Phi) is 2.04. The van der Waals surface area contributed by atoms with E-state index in [0.717, 1.165) is 0 Å². The van der Waals surface area contributed by atoms with Gasteiger partial charge >= 0.3 is 0 Å². The van der Waals surface area contributed by atoms with Gasteiger partial charge in [-0.2, -0.15) is 5.12 Å². The van der Waals surface area contributed by atoms with Crippen LogP contribution in [0.5, 0.6) is 0 Å². The molecule has 3 nitrogen and oxygen atoms in total. The Morgan fingerprint density at radius 3 is 2.50 bits per heavy atom. The molecular weight excluding hydrogens is 198 g/mol. The van der Waals surface area contributed by atoms with Crippen molar-refractivity contribution in [3.8, 4) is 0 Å². The van der Waals surface area contributed by atoms with E-state index in [9.17, 15) is 0 Å². The molecule has 2 aromatic carbocycles. The molecule has 0 spiro atoms. The molecule has 0 amide bonds. The number of hydrazine groups is 2. The summed E-state index contributed by atoms with van der Waals surface area (Å²) in [6, 6.07) is 12.5. The van der Waals surface area contributed by atoms with Gasteiger partial charge in [0.25, 0.3) is 0 Å². The first kappa shape index (κ1) is 9.54. The lowest BCUT2D eigenvalue weighted by Gasteiger charge is -2.25. The first-order valence-electron chi connectivity index (χ1n) is 5.26. The molecule has 0 aliphatic heterocycles. The van der Waals surface area contributed by atoms with Crippen LogP contribution in [-0.2, 0) is 0 Å². The second kappa shape index (κ2) is 3.42. The van der Waals surface area contributed by atoms with Gasteiger partial charge in [-0.25, -0.2) is 0 Å². The van der Waals surface area contributed by atoms with Crippen LogP contribution in [0.3, 0.4) is 0 Å². The van der Waals surface area contributed by atoms with Gasteiger partial charge in [-0.3, -0.25) is 11.7 Å². The van der Waals surface area contributed by atoms with E-state index < -0.39 is 0 Å². The highest BCUT2D eigenvalue weighted by Gasteiger charge is 2.19. The van der Waals surface area contributed by atoms with Gasteiger partial charge in [0.15, 0.2) is 0 Å². The van der Waals surface area contributed by atoms with E-state index in [1.165, 1.54) is 27.0 Å². The zero-order valence-electron chi connectivity index (χ0n) is 8.80. The van der Waals surface area contributed by atoms with Crippen molar-refractivity contribution in [1.29, 1.82) is 0 Å². The predicted molar refractivity (Wildman–Crippen MR) is 65.9 cm³/mol. The third-order valence-electron chi connectivity index (χ3n) is 3.07. The zero-order chi connectivity index (χ0) is 11.1. The lowest BCUT2D eigenvalue weighted by atomic mass is 9.90. The topological polar surface area (TPSA) is 55.3 Å². The molecule has 0 saturated heterocycles. The quantitative estimate of drug-likeness (QED) is 0.560. The van der Waals surface area contributed by atoms with E-state index in [2.05, 4.69) is 36.4 Å². The summed E-state index contributed by atoms with van der Waals surface area (Å²) in [5, 5.41) is 3.73. The fourth-order valence-electron chi connectivity index (χ4n) is 2.34. The summed E-state index contributed by atoms with van der Waals surface area (Å²) in [5.74, 6) is 11.3. The van der Waals surface area contributed by atoms with Crippen molar-refractivity contribution >= 4 is 16.8 Å². The molecular formula is C13H13N3. The molecule has 3 heteroatoms. The Morgan fingerprint density at radius 2 is 1.75 bits per heavy atom. The molecule has 2 aromatic rings. The smallest absolute Gasteiger partial charge is 0.0834 e. The van der Waals surface area contributed by atoms with E-state index >= 15 is 0 Å². The Balaban J connectivity index is 2.36. The summed E-state index contributed by atoms with van der Waals surface area (Å²) < 4.78 is 0. The fraction of sp³-hybridized carbons (Fsp3) is 0.0769. The van der Waals surface area contributed by atoms with Crippen LogP contribution in [0.4, 0.5) is 0 Å². The van der Waals surface area contributed by atoms with Crippen molar-refractivity contribution in [3.05, 3.63) is 53.6 Å². The number of rotatable bonds is 1. The van der Waals surface area contributed by atoms with Crippen LogP contribution < -0.4 is 11.7 Å². The minimum Gasteiger partial charge on any atom is -0.254 e. The zero-order valence-corrected chi connectivity index (χ0v) is 8.80.